The average Bonchev–Trinajstić information content (AvgIpc) is 2.86. The lowest BCUT2D eigenvalue weighted by Crippen LogP contribution is -2.47. The normalized spacial score (nSPS) is 28.0. The van der Waals surface area contributed by atoms with Crippen molar-refractivity contribution in [3.05, 3.63) is 17.5 Å². The number of methoxy groups -OCH3 is 1. The predicted molar refractivity (Wildman–Crippen MR) is 85.7 cm³/mol. The SMILES string of the molecule is CO[C@@H]1C[C@@H](C(=O)N2CCn3nc(C)cc3C2)CC[C@H]1N.Cl. The predicted octanol–water partition coefficient (Wildman–Crippen LogP) is 1.10. The number of hydrogen-bond donors (Lipinski definition) is 1. The number of rotatable bonds is 2. The van der Waals surface area contributed by atoms with Crippen molar-refractivity contribution in [1.29, 1.82) is 0 Å². The molecule has 0 bridgehead atoms. The molecule has 3 atom stereocenters. The van der Waals surface area contributed by atoms with Gasteiger partial charge in [-0.05, 0) is 32.3 Å². The van der Waals surface area contributed by atoms with E-state index < -0.39 is 0 Å². The van der Waals surface area contributed by atoms with Crippen LogP contribution in [0.25, 0.3) is 0 Å². The summed E-state index contributed by atoms with van der Waals surface area (Å²) < 4.78 is 7.43. The van der Waals surface area contributed by atoms with Crippen LogP contribution in [0, 0.1) is 12.8 Å². The fraction of sp³-hybridized carbons (Fsp3) is 0.733. The summed E-state index contributed by atoms with van der Waals surface area (Å²) in [6, 6.07) is 2.12. The molecule has 22 heavy (non-hydrogen) atoms. The summed E-state index contributed by atoms with van der Waals surface area (Å²) in [5, 5.41) is 4.43. The number of hydrogen-bond acceptors (Lipinski definition) is 4. The van der Waals surface area contributed by atoms with Crippen molar-refractivity contribution in [1.82, 2.24) is 14.7 Å². The van der Waals surface area contributed by atoms with E-state index in [1.165, 1.54) is 0 Å². The molecule has 1 aliphatic carbocycles. The Kier molecular flexibility index (Phi) is 5.47. The minimum absolute atomic E-state index is 0. The Morgan fingerprint density at radius 1 is 1.41 bits per heavy atom. The van der Waals surface area contributed by atoms with Gasteiger partial charge in [0.1, 0.15) is 0 Å². The maximum Gasteiger partial charge on any atom is 0.226 e. The molecule has 0 spiro atoms. The lowest BCUT2D eigenvalue weighted by atomic mass is 9.83. The topological polar surface area (TPSA) is 73.4 Å². The highest BCUT2D eigenvalue weighted by Crippen LogP contribution is 2.28. The van der Waals surface area contributed by atoms with Gasteiger partial charge in [-0.25, -0.2) is 0 Å². The van der Waals surface area contributed by atoms with Crippen molar-refractivity contribution in [2.45, 2.75) is 51.4 Å². The summed E-state index contributed by atoms with van der Waals surface area (Å²) in [4.78, 5) is 14.7. The van der Waals surface area contributed by atoms with Crippen molar-refractivity contribution >= 4 is 18.3 Å². The van der Waals surface area contributed by atoms with Gasteiger partial charge in [0, 0.05) is 25.6 Å². The number of halogens is 1. The lowest BCUT2D eigenvalue weighted by molar-refractivity contribution is -0.140. The first kappa shape index (κ1) is 17.2. The third-order valence-electron chi connectivity index (χ3n) is 4.73. The van der Waals surface area contributed by atoms with Crippen LogP contribution in [-0.4, -0.2) is 46.4 Å². The molecule has 2 heterocycles. The van der Waals surface area contributed by atoms with E-state index in [2.05, 4.69) is 11.2 Å². The second-order valence-electron chi connectivity index (χ2n) is 6.21. The Labute approximate surface area is 137 Å². The number of amides is 1. The first-order valence-corrected chi connectivity index (χ1v) is 7.69. The molecule has 0 aromatic carbocycles. The molecule has 124 valence electrons. The maximum atomic E-state index is 12.7. The molecule has 6 nitrogen and oxygen atoms in total. The first-order valence-electron chi connectivity index (χ1n) is 7.69. The van der Waals surface area contributed by atoms with Gasteiger partial charge in [-0.15, -0.1) is 12.4 Å². The number of aromatic nitrogens is 2. The van der Waals surface area contributed by atoms with Gasteiger partial charge in [-0.1, -0.05) is 0 Å². The van der Waals surface area contributed by atoms with Crippen molar-refractivity contribution in [3.63, 3.8) is 0 Å². The van der Waals surface area contributed by atoms with E-state index in [4.69, 9.17) is 10.5 Å². The molecule has 0 radical (unpaired) electrons. The number of carbonyl (C=O) groups is 1. The Bertz CT molecular complexity index is 534. The van der Waals surface area contributed by atoms with E-state index in [-0.39, 0.29) is 36.4 Å². The lowest BCUT2D eigenvalue weighted by Gasteiger charge is -2.36. The molecule has 1 saturated carbocycles. The molecule has 0 unspecified atom stereocenters. The minimum atomic E-state index is 0. The molecule has 1 aromatic rings. The van der Waals surface area contributed by atoms with Gasteiger partial charge in [-0.3, -0.25) is 9.48 Å². The van der Waals surface area contributed by atoms with Crippen LogP contribution >= 0.6 is 12.4 Å². The second kappa shape index (κ2) is 6.98. The van der Waals surface area contributed by atoms with Crippen molar-refractivity contribution in [2.75, 3.05) is 13.7 Å². The Hall–Kier alpha value is -1.11. The van der Waals surface area contributed by atoms with Crippen LogP contribution in [0.4, 0.5) is 0 Å². The van der Waals surface area contributed by atoms with Gasteiger partial charge < -0.3 is 15.4 Å². The van der Waals surface area contributed by atoms with Gasteiger partial charge in [-0.2, -0.15) is 5.10 Å². The van der Waals surface area contributed by atoms with E-state index in [0.29, 0.717) is 6.54 Å². The third-order valence-corrected chi connectivity index (χ3v) is 4.73. The monoisotopic (exact) mass is 328 g/mol. The van der Waals surface area contributed by atoms with E-state index in [1.807, 2.05) is 16.5 Å². The summed E-state index contributed by atoms with van der Waals surface area (Å²) in [5.74, 6) is 0.291. The van der Waals surface area contributed by atoms with Crippen LogP contribution in [0.1, 0.15) is 30.7 Å². The quantitative estimate of drug-likeness (QED) is 0.882. The van der Waals surface area contributed by atoms with Crippen LogP contribution in [0.5, 0.6) is 0 Å². The average molecular weight is 329 g/mol. The number of aryl methyl sites for hydroxylation is 1. The minimum Gasteiger partial charge on any atom is -0.380 e. The maximum absolute atomic E-state index is 12.7. The molecule has 1 aromatic heterocycles. The Balaban J connectivity index is 0.00000176. The second-order valence-corrected chi connectivity index (χ2v) is 6.21. The molecule has 1 amide bonds. The van der Waals surface area contributed by atoms with E-state index in [0.717, 1.165) is 43.7 Å². The van der Waals surface area contributed by atoms with Gasteiger partial charge in [0.25, 0.3) is 0 Å². The number of nitrogens with zero attached hydrogens (tertiary/aromatic N) is 3. The zero-order chi connectivity index (χ0) is 15.0. The van der Waals surface area contributed by atoms with Crippen LogP contribution in [0.15, 0.2) is 6.07 Å². The van der Waals surface area contributed by atoms with Gasteiger partial charge in [0.2, 0.25) is 5.91 Å². The molecular weight excluding hydrogens is 304 g/mol. The molecule has 3 rings (SSSR count). The highest BCUT2D eigenvalue weighted by Gasteiger charge is 2.35. The summed E-state index contributed by atoms with van der Waals surface area (Å²) in [6.45, 7) is 4.19. The molecule has 2 aliphatic rings. The van der Waals surface area contributed by atoms with E-state index in [9.17, 15) is 4.79 Å². The Morgan fingerprint density at radius 2 is 2.18 bits per heavy atom. The molecule has 1 aliphatic heterocycles. The number of nitrogens with two attached hydrogens (primary N) is 1. The molecule has 0 saturated heterocycles. The van der Waals surface area contributed by atoms with Crippen LogP contribution in [-0.2, 0) is 22.6 Å². The van der Waals surface area contributed by atoms with Crippen LogP contribution in [0.2, 0.25) is 0 Å². The largest absolute Gasteiger partial charge is 0.380 e. The van der Waals surface area contributed by atoms with Gasteiger partial charge in [0.15, 0.2) is 0 Å². The molecular formula is C15H25ClN4O2. The van der Waals surface area contributed by atoms with Gasteiger partial charge in [0.05, 0.1) is 30.6 Å². The third kappa shape index (κ3) is 3.29. The Morgan fingerprint density at radius 3 is 2.91 bits per heavy atom. The molecule has 7 heteroatoms. The molecule has 1 fully saturated rings. The van der Waals surface area contributed by atoms with Crippen molar-refractivity contribution < 1.29 is 9.53 Å². The fourth-order valence-corrected chi connectivity index (χ4v) is 3.50. The standard InChI is InChI=1S/C15H24N4O2.ClH/c1-10-7-12-9-18(5-6-19(12)17-10)15(20)11-3-4-13(16)14(8-11)21-2;/h7,11,13-14H,3-6,8-9,16H2,1-2H3;1H/t11-,13+,14+;/m0./s1. The van der Waals surface area contributed by atoms with E-state index in [1.54, 1.807) is 7.11 Å². The summed E-state index contributed by atoms with van der Waals surface area (Å²) >= 11 is 0. The number of carbonyl (C=O) groups excluding carboxylic acids is 1. The van der Waals surface area contributed by atoms with E-state index >= 15 is 0 Å². The van der Waals surface area contributed by atoms with Crippen molar-refractivity contribution in [2.24, 2.45) is 11.7 Å². The summed E-state index contributed by atoms with van der Waals surface area (Å²) in [6.07, 6.45) is 2.48. The highest BCUT2D eigenvalue weighted by molar-refractivity contribution is 5.85. The highest BCUT2D eigenvalue weighted by atomic mass is 35.5. The van der Waals surface area contributed by atoms with Crippen molar-refractivity contribution in [3.8, 4) is 0 Å². The zero-order valence-corrected chi connectivity index (χ0v) is 14.0. The zero-order valence-electron chi connectivity index (χ0n) is 13.2. The first-order chi connectivity index (χ1) is 10.1. The smallest absolute Gasteiger partial charge is 0.226 e. The molecule has 2 N–H and O–H groups in total. The number of ether oxygens (including phenoxy) is 1. The number of fused-ring (bicyclic) bond motifs is 1. The van der Waals surface area contributed by atoms with Gasteiger partial charge >= 0.3 is 0 Å². The fourth-order valence-electron chi connectivity index (χ4n) is 3.50. The summed E-state index contributed by atoms with van der Waals surface area (Å²) in [5.41, 5.74) is 8.18. The van der Waals surface area contributed by atoms with Crippen LogP contribution in [0.3, 0.4) is 0 Å². The summed E-state index contributed by atoms with van der Waals surface area (Å²) in [7, 11) is 1.68. The van der Waals surface area contributed by atoms with Crippen LogP contribution < -0.4 is 5.73 Å².